The van der Waals surface area contributed by atoms with Crippen LogP contribution in [0.1, 0.15) is 50.5 Å². The number of nitrogens with zero attached hydrogens (tertiary/aromatic N) is 2. The zero-order valence-electron chi connectivity index (χ0n) is 19.8. The van der Waals surface area contributed by atoms with Gasteiger partial charge < -0.3 is 10.1 Å². The molecular formula is C25H30N4O3S. The third kappa shape index (κ3) is 6.16. The number of aromatic nitrogens is 2. The number of hydrogen-bond acceptors (Lipinski definition) is 6. The van der Waals surface area contributed by atoms with Crippen LogP contribution in [-0.2, 0) is 10.2 Å². The third-order valence-electron chi connectivity index (χ3n) is 5.22. The molecule has 2 N–H and O–H groups in total. The van der Waals surface area contributed by atoms with E-state index in [0.717, 1.165) is 11.1 Å². The fraction of sp³-hybridized carbons (Fsp3) is 0.360. The Labute approximate surface area is 198 Å². The van der Waals surface area contributed by atoms with Crippen molar-refractivity contribution in [2.24, 2.45) is 5.92 Å². The molecule has 0 radical (unpaired) electrons. The Morgan fingerprint density at radius 2 is 1.73 bits per heavy atom. The minimum atomic E-state index is -0.719. The predicted octanol–water partition coefficient (Wildman–Crippen LogP) is 4.90. The van der Waals surface area contributed by atoms with Crippen molar-refractivity contribution in [2.75, 3.05) is 12.4 Å². The van der Waals surface area contributed by atoms with E-state index in [2.05, 4.69) is 41.6 Å². The summed E-state index contributed by atoms with van der Waals surface area (Å²) in [6.07, 6.45) is 0. The number of hydrogen-bond donors (Lipinski definition) is 2. The number of amides is 2. The molecule has 7 nitrogen and oxygen atoms in total. The minimum absolute atomic E-state index is 0.000831. The molecular weight excluding hydrogens is 436 g/mol. The van der Waals surface area contributed by atoms with Crippen molar-refractivity contribution in [3.8, 4) is 16.3 Å². The second-order valence-electron chi connectivity index (χ2n) is 9.16. The highest BCUT2D eigenvalue weighted by atomic mass is 32.1. The number of anilines is 1. The molecule has 0 spiro atoms. The van der Waals surface area contributed by atoms with E-state index < -0.39 is 6.04 Å². The van der Waals surface area contributed by atoms with Crippen LogP contribution in [0, 0.1) is 5.92 Å². The Kier molecular flexibility index (Phi) is 7.48. The van der Waals surface area contributed by atoms with Gasteiger partial charge in [0.15, 0.2) is 0 Å². The van der Waals surface area contributed by atoms with Crippen LogP contribution in [0.15, 0.2) is 48.5 Å². The van der Waals surface area contributed by atoms with Crippen molar-refractivity contribution in [1.29, 1.82) is 0 Å². The molecule has 0 bridgehead atoms. The fourth-order valence-corrected chi connectivity index (χ4v) is 3.95. The average molecular weight is 467 g/mol. The summed E-state index contributed by atoms with van der Waals surface area (Å²) in [6.45, 7) is 10.1. The molecule has 0 aliphatic rings. The van der Waals surface area contributed by atoms with Crippen LogP contribution >= 0.6 is 11.3 Å². The van der Waals surface area contributed by atoms with Gasteiger partial charge in [-0.25, -0.2) is 0 Å². The molecule has 3 rings (SSSR count). The first kappa shape index (κ1) is 24.4. The van der Waals surface area contributed by atoms with Gasteiger partial charge in [0.05, 0.1) is 7.11 Å². The topological polar surface area (TPSA) is 93.2 Å². The van der Waals surface area contributed by atoms with Crippen LogP contribution in [0.2, 0.25) is 0 Å². The lowest BCUT2D eigenvalue weighted by Gasteiger charge is -2.22. The minimum Gasteiger partial charge on any atom is -0.497 e. The molecule has 0 saturated heterocycles. The van der Waals surface area contributed by atoms with E-state index in [1.807, 2.05) is 50.2 Å². The number of ether oxygens (including phenoxy) is 1. The molecule has 2 aromatic carbocycles. The molecule has 1 heterocycles. The van der Waals surface area contributed by atoms with Gasteiger partial charge in [-0.05, 0) is 41.2 Å². The van der Waals surface area contributed by atoms with E-state index in [1.165, 1.54) is 11.3 Å². The van der Waals surface area contributed by atoms with E-state index in [4.69, 9.17) is 4.74 Å². The quantitative estimate of drug-likeness (QED) is 0.516. The van der Waals surface area contributed by atoms with Crippen molar-refractivity contribution >= 4 is 28.3 Å². The van der Waals surface area contributed by atoms with Crippen molar-refractivity contribution in [2.45, 2.75) is 46.1 Å². The van der Waals surface area contributed by atoms with Gasteiger partial charge in [-0.3, -0.25) is 14.9 Å². The van der Waals surface area contributed by atoms with Gasteiger partial charge in [0, 0.05) is 11.1 Å². The summed E-state index contributed by atoms with van der Waals surface area (Å²) in [7, 11) is 1.60. The molecule has 33 heavy (non-hydrogen) atoms. The lowest BCUT2D eigenvalue weighted by Crippen LogP contribution is -2.47. The van der Waals surface area contributed by atoms with Gasteiger partial charge in [-0.15, -0.1) is 10.2 Å². The molecule has 1 atom stereocenters. The smallest absolute Gasteiger partial charge is 0.251 e. The monoisotopic (exact) mass is 466 g/mol. The summed E-state index contributed by atoms with van der Waals surface area (Å²) in [5, 5.41) is 14.9. The first-order chi connectivity index (χ1) is 15.6. The second kappa shape index (κ2) is 10.1. The summed E-state index contributed by atoms with van der Waals surface area (Å²) in [5.74, 6) is -0.0309. The van der Waals surface area contributed by atoms with Crippen LogP contribution in [-0.4, -0.2) is 35.2 Å². The SMILES string of the molecule is COc1cccc(-c2nnc(NC(=O)[C@H](NC(=O)c3ccc(C(C)(C)C)cc3)C(C)C)s2)c1. The van der Waals surface area contributed by atoms with E-state index in [1.54, 1.807) is 19.2 Å². The van der Waals surface area contributed by atoms with Crippen molar-refractivity contribution in [3.05, 3.63) is 59.7 Å². The van der Waals surface area contributed by atoms with Crippen molar-refractivity contribution in [3.63, 3.8) is 0 Å². The number of carbonyl (C=O) groups is 2. The summed E-state index contributed by atoms with van der Waals surface area (Å²) in [5.41, 5.74) is 2.50. The molecule has 0 aliphatic heterocycles. The van der Waals surface area contributed by atoms with E-state index in [-0.39, 0.29) is 23.1 Å². The number of nitrogens with one attached hydrogen (secondary N) is 2. The lowest BCUT2D eigenvalue weighted by atomic mass is 9.86. The van der Waals surface area contributed by atoms with Crippen molar-refractivity contribution < 1.29 is 14.3 Å². The lowest BCUT2D eigenvalue weighted by molar-refractivity contribution is -0.118. The predicted molar refractivity (Wildman–Crippen MR) is 132 cm³/mol. The Hall–Kier alpha value is -3.26. The van der Waals surface area contributed by atoms with Gasteiger partial charge >= 0.3 is 0 Å². The summed E-state index contributed by atoms with van der Waals surface area (Å²) in [6, 6.07) is 14.2. The Balaban J connectivity index is 1.69. The number of methoxy groups -OCH3 is 1. The summed E-state index contributed by atoms with van der Waals surface area (Å²) >= 11 is 1.26. The Morgan fingerprint density at radius 3 is 2.33 bits per heavy atom. The van der Waals surface area contributed by atoms with E-state index >= 15 is 0 Å². The maximum atomic E-state index is 12.9. The third-order valence-corrected chi connectivity index (χ3v) is 6.11. The highest BCUT2D eigenvalue weighted by molar-refractivity contribution is 7.18. The zero-order chi connectivity index (χ0) is 24.2. The van der Waals surface area contributed by atoms with E-state index in [0.29, 0.717) is 21.5 Å². The van der Waals surface area contributed by atoms with Gasteiger partial charge in [0.25, 0.3) is 5.91 Å². The molecule has 3 aromatic rings. The molecule has 0 aliphatic carbocycles. The number of carbonyl (C=O) groups excluding carboxylic acids is 2. The van der Waals surface area contributed by atoms with Crippen LogP contribution in [0.5, 0.6) is 5.75 Å². The first-order valence-electron chi connectivity index (χ1n) is 10.8. The molecule has 8 heteroatoms. The van der Waals surface area contributed by atoms with Gasteiger partial charge in [0.1, 0.15) is 16.8 Å². The maximum Gasteiger partial charge on any atom is 0.251 e. The van der Waals surface area contributed by atoms with Crippen LogP contribution < -0.4 is 15.4 Å². The van der Waals surface area contributed by atoms with Gasteiger partial charge in [0.2, 0.25) is 11.0 Å². The normalized spacial score (nSPS) is 12.3. The molecule has 174 valence electrons. The van der Waals surface area contributed by atoms with Gasteiger partial charge in [-0.2, -0.15) is 0 Å². The Morgan fingerprint density at radius 1 is 1.03 bits per heavy atom. The maximum absolute atomic E-state index is 12.9. The average Bonchev–Trinajstić information content (AvgIpc) is 3.25. The largest absolute Gasteiger partial charge is 0.497 e. The second-order valence-corrected chi connectivity index (χ2v) is 10.1. The molecule has 1 aromatic heterocycles. The zero-order valence-corrected chi connectivity index (χ0v) is 20.6. The summed E-state index contributed by atoms with van der Waals surface area (Å²) < 4.78 is 5.25. The van der Waals surface area contributed by atoms with Crippen LogP contribution in [0.25, 0.3) is 10.6 Å². The number of benzene rings is 2. The first-order valence-corrected chi connectivity index (χ1v) is 11.6. The molecule has 0 saturated carbocycles. The summed E-state index contributed by atoms with van der Waals surface area (Å²) in [4.78, 5) is 25.7. The Bertz CT molecular complexity index is 1120. The van der Waals surface area contributed by atoms with Crippen molar-refractivity contribution in [1.82, 2.24) is 15.5 Å². The molecule has 0 unspecified atom stereocenters. The highest BCUT2D eigenvalue weighted by Crippen LogP contribution is 2.29. The molecule has 2 amide bonds. The highest BCUT2D eigenvalue weighted by Gasteiger charge is 2.26. The van der Waals surface area contributed by atoms with Crippen LogP contribution in [0.4, 0.5) is 5.13 Å². The standard InChI is InChI=1S/C25H30N4O3S/c1-15(2)20(26-21(30)16-10-12-18(13-11-16)25(3,4)5)22(31)27-24-29-28-23(33-24)17-8-7-9-19(14-17)32-6/h7-15,20H,1-6H3,(H,26,30)(H,27,29,31)/t20-/m1/s1. The van der Waals surface area contributed by atoms with Crippen LogP contribution in [0.3, 0.4) is 0 Å². The number of rotatable bonds is 7. The molecule has 0 fully saturated rings. The van der Waals surface area contributed by atoms with E-state index in [9.17, 15) is 9.59 Å². The fourth-order valence-electron chi connectivity index (χ4n) is 3.21. The van der Waals surface area contributed by atoms with Gasteiger partial charge in [-0.1, -0.05) is 70.2 Å².